The first-order valence-electron chi connectivity index (χ1n) is 6.74. The van der Waals surface area contributed by atoms with Crippen LogP contribution in [0.25, 0.3) is 0 Å². The highest BCUT2D eigenvalue weighted by Gasteiger charge is 2.58. The van der Waals surface area contributed by atoms with Crippen LogP contribution in [0.1, 0.15) is 46.1 Å². The molecule has 0 heterocycles. The number of rotatable bonds is 1. The number of benzene rings is 1. The lowest BCUT2D eigenvalue weighted by Gasteiger charge is -2.58. The summed E-state index contributed by atoms with van der Waals surface area (Å²) in [5, 5.41) is 11.5. The highest BCUT2D eigenvalue weighted by molar-refractivity contribution is 5.29. The van der Waals surface area contributed by atoms with Gasteiger partial charge in [-0.25, -0.2) is 0 Å². The van der Waals surface area contributed by atoms with Crippen molar-refractivity contribution in [3.05, 3.63) is 35.9 Å². The predicted octanol–water partition coefficient (Wildman–Crippen LogP) is 3.05. The van der Waals surface area contributed by atoms with Crippen molar-refractivity contribution >= 4 is 0 Å². The molecule has 2 nitrogen and oxygen atoms in total. The summed E-state index contributed by atoms with van der Waals surface area (Å²) < 4.78 is 0. The van der Waals surface area contributed by atoms with E-state index in [-0.39, 0.29) is 16.9 Å². The fourth-order valence-electron chi connectivity index (χ4n) is 4.06. The van der Waals surface area contributed by atoms with E-state index in [9.17, 15) is 5.11 Å². The molecule has 0 spiro atoms. The molecule has 1 fully saturated rings. The van der Waals surface area contributed by atoms with Crippen molar-refractivity contribution in [2.75, 3.05) is 0 Å². The Morgan fingerprint density at radius 2 is 1.44 bits per heavy atom. The molecule has 3 N–H and O–H groups in total. The molecule has 2 heteroatoms. The Morgan fingerprint density at radius 1 is 1.00 bits per heavy atom. The van der Waals surface area contributed by atoms with E-state index < -0.39 is 5.60 Å². The van der Waals surface area contributed by atoms with E-state index in [0.29, 0.717) is 0 Å². The average molecular weight is 247 g/mol. The summed E-state index contributed by atoms with van der Waals surface area (Å²) in [4.78, 5) is 0. The molecular weight excluding hydrogens is 222 g/mol. The van der Waals surface area contributed by atoms with Gasteiger partial charge in [-0.05, 0) is 29.2 Å². The zero-order valence-corrected chi connectivity index (χ0v) is 11.9. The predicted molar refractivity (Wildman–Crippen MR) is 75.1 cm³/mol. The first-order chi connectivity index (χ1) is 8.21. The molecule has 1 aromatic carbocycles. The Balaban J connectivity index is 2.57. The van der Waals surface area contributed by atoms with Crippen LogP contribution in [0.4, 0.5) is 0 Å². The van der Waals surface area contributed by atoms with Crippen LogP contribution in [0, 0.1) is 10.8 Å². The second-order valence-corrected chi connectivity index (χ2v) is 7.01. The maximum atomic E-state index is 11.5. The van der Waals surface area contributed by atoms with Crippen molar-refractivity contribution in [3.63, 3.8) is 0 Å². The van der Waals surface area contributed by atoms with E-state index >= 15 is 0 Å². The zero-order valence-electron chi connectivity index (χ0n) is 11.9. The van der Waals surface area contributed by atoms with Crippen LogP contribution in [0.5, 0.6) is 0 Å². The van der Waals surface area contributed by atoms with Gasteiger partial charge in [0, 0.05) is 6.04 Å². The molecule has 1 saturated carbocycles. The lowest BCUT2D eigenvalue weighted by molar-refractivity contribution is -0.189. The van der Waals surface area contributed by atoms with Crippen molar-refractivity contribution in [1.82, 2.24) is 0 Å². The van der Waals surface area contributed by atoms with E-state index in [0.717, 1.165) is 18.4 Å². The van der Waals surface area contributed by atoms with Gasteiger partial charge in [0.05, 0.1) is 5.60 Å². The van der Waals surface area contributed by atoms with Crippen molar-refractivity contribution in [2.24, 2.45) is 16.6 Å². The van der Waals surface area contributed by atoms with Crippen LogP contribution < -0.4 is 5.73 Å². The molecule has 0 amide bonds. The second kappa shape index (κ2) is 4.07. The van der Waals surface area contributed by atoms with E-state index in [1.807, 2.05) is 30.3 Å². The minimum Gasteiger partial charge on any atom is -0.384 e. The number of hydrogen-bond donors (Lipinski definition) is 2. The fourth-order valence-corrected chi connectivity index (χ4v) is 4.06. The largest absolute Gasteiger partial charge is 0.384 e. The van der Waals surface area contributed by atoms with Crippen LogP contribution in [0.2, 0.25) is 0 Å². The van der Waals surface area contributed by atoms with Gasteiger partial charge in [-0.15, -0.1) is 0 Å². The average Bonchev–Trinajstić information content (AvgIpc) is 2.25. The summed E-state index contributed by atoms with van der Waals surface area (Å²) >= 11 is 0. The van der Waals surface area contributed by atoms with Crippen LogP contribution in [0.3, 0.4) is 0 Å². The van der Waals surface area contributed by atoms with Gasteiger partial charge in [-0.1, -0.05) is 58.0 Å². The van der Waals surface area contributed by atoms with Crippen molar-refractivity contribution in [1.29, 1.82) is 0 Å². The van der Waals surface area contributed by atoms with Crippen LogP contribution >= 0.6 is 0 Å². The lowest BCUT2D eigenvalue weighted by atomic mass is 9.51. The van der Waals surface area contributed by atoms with Gasteiger partial charge in [-0.3, -0.25) is 0 Å². The van der Waals surface area contributed by atoms with Crippen LogP contribution in [-0.4, -0.2) is 11.1 Å². The third-order valence-electron chi connectivity index (χ3n) is 4.70. The van der Waals surface area contributed by atoms with Crippen molar-refractivity contribution in [3.8, 4) is 0 Å². The van der Waals surface area contributed by atoms with Crippen molar-refractivity contribution in [2.45, 2.75) is 52.2 Å². The SMILES string of the molecule is CC1(C)CC(N)CC(C)(C)C1(O)c1ccccc1. The Morgan fingerprint density at radius 3 is 1.89 bits per heavy atom. The first-order valence-corrected chi connectivity index (χ1v) is 6.74. The molecule has 0 aliphatic heterocycles. The molecule has 1 aliphatic carbocycles. The quantitative estimate of drug-likeness (QED) is 0.801. The highest BCUT2D eigenvalue weighted by atomic mass is 16.3. The second-order valence-electron chi connectivity index (χ2n) is 7.01. The molecule has 1 aromatic rings. The highest BCUT2D eigenvalue weighted by Crippen LogP contribution is 2.58. The lowest BCUT2D eigenvalue weighted by Crippen LogP contribution is -2.59. The molecule has 0 radical (unpaired) electrons. The smallest absolute Gasteiger partial charge is 0.0998 e. The van der Waals surface area contributed by atoms with Gasteiger partial charge in [0.2, 0.25) is 0 Å². The summed E-state index contributed by atoms with van der Waals surface area (Å²) in [6.45, 7) is 8.50. The zero-order chi connectivity index (χ0) is 13.6. The summed E-state index contributed by atoms with van der Waals surface area (Å²) in [5.41, 5.74) is 5.89. The van der Waals surface area contributed by atoms with Crippen LogP contribution in [-0.2, 0) is 5.60 Å². The number of aliphatic hydroxyl groups is 1. The molecule has 2 rings (SSSR count). The molecule has 100 valence electrons. The minimum atomic E-state index is -0.836. The van der Waals surface area contributed by atoms with Gasteiger partial charge in [-0.2, -0.15) is 0 Å². The topological polar surface area (TPSA) is 46.2 Å². The molecule has 0 unspecified atom stereocenters. The van der Waals surface area contributed by atoms with Crippen molar-refractivity contribution < 1.29 is 5.11 Å². The van der Waals surface area contributed by atoms with E-state index in [1.165, 1.54) is 0 Å². The Hall–Kier alpha value is -0.860. The number of hydrogen-bond acceptors (Lipinski definition) is 2. The van der Waals surface area contributed by atoms with Gasteiger partial charge in [0.15, 0.2) is 0 Å². The van der Waals surface area contributed by atoms with Gasteiger partial charge in [0.1, 0.15) is 0 Å². The molecule has 0 bridgehead atoms. The Labute approximate surface area is 110 Å². The maximum Gasteiger partial charge on any atom is 0.0998 e. The molecule has 0 aromatic heterocycles. The normalized spacial score (nSPS) is 34.2. The van der Waals surface area contributed by atoms with E-state index in [4.69, 9.17) is 5.73 Å². The maximum absolute atomic E-state index is 11.5. The number of nitrogens with two attached hydrogens (primary N) is 1. The Kier molecular flexibility index (Phi) is 3.07. The third kappa shape index (κ3) is 1.79. The van der Waals surface area contributed by atoms with Gasteiger partial charge < -0.3 is 10.8 Å². The first kappa shape index (κ1) is 13.6. The summed E-state index contributed by atoms with van der Waals surface area (Å²) in [6, 6.07) is 10.2. The Bertz CT molecular complexity index is 404. The fraction of sp³-hybridized carbons (Fsp3) is 0.625. The summed E-state index contributed by atoms with van der Waals surface area (Å²) in [6.07, 6.45) is 1.70. The van der Waals surface area contributed by atoms with E-state index in [2.05, 4.69) is 27.7 Å². The molecule has 0 atom stereocenters. The summed E-state index contributed by atoms with van der Waals surface area (Å²) in [7, 11) is 0. The third-order valence-corrected chi connectivity index (χ3v) is 4.70. The molecular formula is C16H25NO. The standard InChI is InChI=1S/C16H25NO/c1-14(2)10-13(17)11-15(3,4)16(14,18)12-8-6-5-7-9-12/h5-9,13,18H,10-11,17H2,1-4H3. The van der Waals surface area contributed by atoms with Gasteiger partial charge in [0.25, 0.3) is 0 Å². The molecule has 18 heavy (non-hydrogen) atoms. The van der Waals surface area contributed by atoms with E-state index in [1.54, 1.807) is 0 Å². The van der Waals surface area contributed by atoms with Gasteiger partial charge >= 0.3 is 0 Å². The summed E-state index contributed by atoms with van der Waals surface area (Å²) in [5.74, 6) is 0. The molecule has 0 saturated heterocycles. The van der Waals surface area contributed by atoms with Crippen LogP contribution in [0.15, 0.2) is 30.3 Å². The minimum absolute atomic E-state index is 0.166. The molecule has 1 aliphatic rings. The monoisotopic (exact) mass is 247 g/mol.